The Balaban J connectivity index is 1.48. The Labute approximate surface area is 194 Å². The van der Waals surface area contributed by atoms with Crippen molar-refractivity contribution in [2.45, 2.75) is 27.7 Å². The van der Waals surface area contributed by atoms with E-state index in [4.69, 9.17) is 4.74 Å². The zero-order valence-corrected chi connectivity index (χ0v) is 19.5. The molecule has 3 aromatic carbocycles. The van der Waals surface area contributed by atoms with Crippen LogP contribution in [0.25, 0.3) is 16.7 Å². The molecular weight excluding hydrogens is 414 g/mol. The quantitative estimate of drug-likeness (QED) is 0.419. The number of ether oxygens (including phenoxy) is 1. The highest BCUT2D eigenvalue weighted by molar-refractivity contribution is 5.95. The summed E-state index contributed by atoms with van der Waals surface area (Å²) in [5.41, 5.74) is 6.24. The summed E-state index contributed by atoms with van der Waals surface area (Å²) in [4.78, 5) is 16.4. The Kier molecular flexibility index (Phi) is 6.58. The minimum atomic E-state index is -0.224. The van der Waals surface area contributed by atoms with Gasteiger partial charge >= 0.3 is 0 Å². The lowest BCUT2D eigenvalue weighted by molar-refractivity contribution is -0.118. The molecular formula is C26H29N5O2. The number of carbonyl (C=O) groups excluding carboxylic acids is 1. The lowest BCUT2D eigenvalue weighted by Crippen LogP contribution is -2.21. The van der Waals surface area contributed by atoms with Gasteiger partial charge in [-0.25, -0.2) is 0 Å². The third kappa shape index (κ3) is 5.14. The summed E-state index contributed by atoms with van der Waals surface area (Å²) in [5, 5.41) is 12.2. The average molecular weight is 444 g/mol. The minimum absolute atomic E-state index is 0.0630. The van der Waals surface area contributed by atoms with Crippen LogP contribution in [0, 0.1) is 13.8 Å². The van der Waals surface area contributed by atoms with E-state index < -0.39 is 0 Å². The number of nitrogens with one attached hydrogen (secondary N) is 1. The molecule has 0 fully saturated rings. The van der Waals surface area contributed by atoms with Gasteiger partial charge in [-0.2, -0.15) is 4.80 Å². The van der Waals surface area contributed by atoms with E-state index in [1.54, 1.807) is 4.80 Å². The van der Waals surface area contributed by atoms with Crippen molar-refractivity contribution in [3.05, 3.63) is 71.8 Å². The molecule has 0 saturated heterocycles. The van der Waals surface area contributed by atoms with E-state index in [1.807, 2.05) is 62.4 Å². The number of aromatic nitrogens is 3. The van der Waals surface area contributed by atoms with Gasteiger partial charge in [0.15, 0.2) is 6.61 Å². The average Bonchev–Trinajstić information content (AvgIpc) is 3.22. The molecule has 0 aliphatic rings. The molecule has 0 bridgehead atoms. The molecule has 1 aromatic heterocycles. The molecule has 0 saturated carbocycles. The van der Waals surface area contributed by atoms with Crippen LogP contribution in [0.1, 0.15) is 25.0 Å². The number of hydrogen-bond acceptors (Lipinski definition) is 5. The molecule has 4 aromatic rings. The van der Waals surface area contributed by atoms with E-state index in [0.29, 0.717) is 17.0 Å². The number of fused-ring (bicyclic) bond motifs is 1. The zero-order chi connectivity index (χ0) is 23.4. The second-order valence-electron chi connectivity index (χ2n) is 7.99. The molecule has 0 aliphatic heterocycles. The lowest BCUT2D eigenvalue weighted by atomic mass is 10.1. The van der Waals surface area contributed by atoms with E-state index >= 15 is 0 Å². The maximum Gasteiger partial charge on any atom is 0.262 e. The first-order valence-corrected chi connectivity index (χ1v) is 11.2. The molecule has 0 unspecified atom stereocenters. The van der Waals surface area contributed by atoms with Crippen molar-refractivity contribution in [1.82, 2.24) is 15.0 Å². The van der Waals surface area contributed by atoms with E-state index in [9.17, 15) is 4.79 Å². The number of carbonyl (C=O) groups is 1. The fourth-order valence-corrected chi connectivity index (χ4v) is 3.74. The van der Waals surface area contributed by atoms with Gasteiger partial charge in [0, 0.05) is 24.5 Å². The second-order valence-corrected chi connectivity index (χ2v) is 7.99. The van der Waals surface area contributed by atoms with Crippen LogP contribution in [0.15, 0.2) is 60.7 Å². The van der Waals surface area contributed by atoms with Gasteiger partial charge in [0.25, 0.3) is 5.91 Å². The monoisotopic (exact) mass is 443 g/mol. The van der Waals surface area contributed by atoms with Crippen LogP contribution >= 0.6 is 0 Å². The SMILES string of the molecule is CCN(CC)c1ccc(-n2nc3cc(C)c(NC(=O)COc4cccc(C)c4)cc3n2)cc1. The summed E-state index contributed by atoms with van der Waals surface area (Å²) in [6, 6.07) is 19.6. The lowest BCUT2D eigenvalue weighted by Gasteiger charge is -2.20. The van der Waals surface area contributed by atoms with Gasteiger partial charge in [-0.05, 0) is 87.4 Å². The van der Waals surface area contributed by atoms with Crippen LogP contribution < -0.4 is 15.0 Å². The molecule has 0 atom stereocenters. The smallest absolute Gasteiger partial charge is 0.262 e. The first-order chi connectivity index (χ1) is 16.0. The molecule has 170 valence electrons. The maximum absolute atomic E-state index is 12.4. The van der Waals surface area contributed by atoms with Crippen LogP contribution in [0.2, 0.25) is 0 Å². The van der Waals surface area contributed by atoms with Crippen LogP contribution in [0.3, 0.4) is 0 Å². The Morgan fingerprint density at radius 3 is 2.33 bits per heavy atom. The molecule has 0 spiro atoms. The molecule has 4 rings (SSSR count). The highest BCUT2D eigenvalue weighted by atomic mass is 16.5. The Morgan fingerprint density at radius 2 is 1.67 bits per heavy atom. The third-order valence-electron chi connectivity index (χ3n) is 5.57. The largest absolute Gasteiger partial charge is 0.484 e. The number of hydrogen-bond donors (Lipinski definition) is 1. The third-order valence-corrected chi connectivity index (χ3v) is 5.57. The van der Waals surface area contributed by atoms with Gasteiger partial charge < -0.3 is 15.0 Å². The first kappa shape index (κ1) is 22.3. The Morgan fingerprint density at radius 1 is 0.970 bits per heavy atom. The number of nitrogens with zero attached hydrogens (tertiary/aromatic N) is 4. The van der Waals surface area contributed by atoms with E-state index in [1.165, 1.54) is 5.69 Å². The Hall–Kier alpha value is -3.87. The van der Waals surface area contributed by atoms with Crippen LogP contribution in [-0.2, 0) is 4.79 Å². The van der Waals surface area contributed by atoms with Crippen molar-refractivity contribution < 1.29 is 9.53 Å². The molecule has 0 aliphatic carbocycles. The van der Waals surface area contributed by atoms with Gasteiger partial charge in [0.1, 0.15) is 16.8 Å². The van der Waals surface area contributed by atoms with Crippen molar-refractivity contribution >= 4 is 28.3 Å². The summed E-state index contributed by atoms with van der Waals surface area (Å²) in [6.45, 7) is 10.1. The first-order valence-electron chi connectivity index (χ1n) is 11.2. The van der Waals surface area contributed by atoms with E-state index in [0.717, 1.165) is 35.4 Å². The fraction of sp³-hybridized carbons (Fsp3) is 0.269. The van der Waals surface area contributed by atoms with Gasteiger partial charge in [0.05, 0.1) is 5.69 Å². The topological polar surface area (TPSA) is 72.3 Å². The molecule has 1 N–H and O–H groups in total. The summed E-state index contributed by atoms with van der Waals surface area (Å²) in [7, 11) is 0. The number of aryl methyl sites for hydroxylation is 2. The highest BCUT2D eigenvalue weighted by Crippen LogP contribution is 2.23. The van der Waals surface area contributed by atoms with Crippen molar-refractivity contribution in [3.63, 3.8) is 0 Å². The van der Waals surface area contributed by atoms with E-state index in [2.05, 4.69) is 46.4 Å². The molecule has 1 heterocycles. The second kappa shape index (κ2) is 9.73. The van der Waals surface area contributed by atoms with Crippen LogP contribution in [0.4, 0.5) is 11.4 Å². The van der Waals surface area contributed by atoms with Gasteiger partial charge in [-0.15, -0.1) is 10.2 Å². The van der Waals surface area contributed by atoms with Gasteiger partial charge in [0.2, 0.25) is 0 Å². The van der Waals surface area contributed by atoms with Gasteiger partial charge in [-0.3, -0.25) is 4.79 Å². The summed E-state index contributed by atoms with van der Waals surface area (Å²) in [5.74, 6) is 0.450. The molecule has 7 nitrogen and oxygen atoms in total. The Bertz CT molecular complexity index is 1260. The highest BCUT2D eigenvalue weighted by Gasteiger charge is 2.12. The van der Waals surface area contributed by atoms with E-state index in [-0.39, 0.29) is 12.5 Å². The van der Waals surface area contributed by atoms with Crippen molar-refractivity contribution in [1.29, 1.82) is 0 Å². The maximum atomic E-state index is 12.4. The number of amides is 1. The van der Waals surface area contributed by atoms with Crippen molar-refractivity contribution in [3.8, 4) is 11.4 Å². The summed E-state index contributed by atoms with van der Waals surface area (Å²) >= 11 is 0. The molecule has 1 amide bonds. The number of rotatable bonds is 8. The molecule has 0 radical (unpaired) electrons. The fourth-order valence-electron chi connectivity index (χ4n) is 3.74. The molecule has 7 heteroatoms. The minimum Gasteiger partial charge on any atom is -0.484 e. The number of benzene rings is 3. The molecule has 33 heavy (non-hydrogen) atoms. The van der Waals surface area contributed by atoms with Crippen molar-refractivity contribution in [2.24, 2.45) is 0 Å². The number of anilines is 2. The predicted molar refractivity (Wildman–Crippen MR) is 132 cm³/mol. The van der Waals surface area contributed by atoms with Crippen molar-refractivity contribution in [2.75, 3.05) is 29.9 Å². The summed E-state index contributed by atoms with van der Waals surface area (Å²) < 4.78 is 5.61. The van der Waals surface area contributed by atoms with Gasteiger partial charge in [-0.1, -0.05) is 12.1 Å². The van der Waals surface area contributed by atoms with Crippen LogP contribution in [-0.4, -0.2) is 40.6 Å². The standard InChI is InChI=1S/C26H29N5O2/c1-5-30(6-2)20-10-12-21(13-11-20)31-28-24-15-19(4)23(16-25(24)29-31)27-26(32)17-33-22-9-7-8-18(3)14-22/h7-16H,5-6,17H2,1-4H3,(H,27,32). The summed E-state index contributed by atoms with van der Waals surface area (Å²) in [6.07, 6.45) is 0. The predicted octanol–water partition coefficient (Wildman–Crippen LogP) is 4.90. The zero-order valence-electron chi connectivity index (χ0n) is 19.5. The normalized spacial score (nSPS) is 10.9. The van der Waals surface area contributed by atoms with Crippen LogP contribution in [0.5, 0.6) is 5.75 Å².